The average Bonchev–Trinajstić information content (AvgIpc) is 3.22. The smallest absolute Gasteiger partial charge is 0.338 e. The Hall–Kier alpha value is -6.98. The molecule has 3 N–H and O–H groups in total. The zero-order valence-corrected chi connectivity index (χ0v) is 32.4. The van der Waals surface area contributed by atoms with Gasteiger partial charge in [0, 0.05) is 30.8 Å². The SMILES string of the molecule is CCOC(=O)c1ccc(NC(=O)c2ccc(Cc3ccccc3)cc2)c(F)c1.O=C(Nc1ccc(CN2CC(C(=O)O)C2)cc1F)c1ccc(Cc2ccccc2)cc1. The number of likely N-dealkylation sites (tertiary alicyclic amines) is 1. The van der Waals surface area contributed by atoms with Crippen LogP contribution in [0.5, 0.6) is 0 Å². The van der Waals surface area contributed by atoms with Crippen LogP contribution in [-0.2, 0) is 28.9 Å². The number of hydrogen-bond acceptors (Lipinski definition) is 6. The molecule has 11 heteroatoms. The number of halogens is 2. The number of rotatable bonds is 13. The number of nitrogens with one attached hydrogen (secondary N) is 2. The molecule has 7 rings (SSSR count). The van der Waals surface area contributed by atoms with Crippen LogP contribution in [-0.4, -0.2) is 53.5 Å². The van der Waals surface area contributed by atoms with Crippen LogP contribution < -0.4 is 10.6 Å². The molecule has 0 unspecified atom stereocenters. The number of carboxylic acid groups (broad SMARTS) is 1. The minimum absolute atomic E-state index is 0.00594. The van der Waals surface area contributed by atoms with Crippen molar-refractivity contribution >= 4 is 35.1 Å². The first-order valence-electron chi connectivity index (χ1n) is 19.1. The van der Waals surface area contributed by atoms with E-state index in [-0.39, 0.29) is 35.4 Å². The summed E-state index contributed by atoms with van der Waals surface area (Å²) in [5.41, 5.74) is 6.39. The fraction of sp³-hybridized carbons (Fsp3) is 0.167. The van der Waals surface area contributed by atoms with Crippen molar-refractivity contribution in [2.24, 2.45) is 5.92 Å². The van der Waals surface area contributed by atoms with Crippen molar-refractivity contribution in [2.75, 3.05) is 30.3 Å². The Morgan fingerprint density at radius 3 is 1.46 bits per heavy atom. The number of hydrogen-bond donors (Lipinski definition) is 3. The largest absolute Gasteiger partial charge is 0.481 e. The Bertz CT molecular complexity index is 2390. The summed E-state index contributed by atoms with van der Waals surface area (Å²) in [4.78, 5) is 49.4. The molecule has 1 fully saturated rings. The monoisotopic (exact) mass is 795 g/mol. The molecule has 9 nitrogen and oxygen atoms in total. The molecular formula is C48H43F2N3O6. The lowest BCUT2D eigenvalue weighted by Gasteiger charge is -2.36. The van der Waals surface area contributed by atoms with Gasteiger partial charge in [0.15, 0.2) is 0 Å². The summed E-state index contributed by atoms with van der Waals surface area (Å²) in [6, 6.07) is 43.0. The van der Waals surface area contributed by atoms with Crippen molar-refractivity contribution in [3.8, 4) is 0 Å². The van der Waals surface area contributed by atoms with Crippen LogP contribution in [0.15, 0.2) is 146 Å². The molecule has 0 saturated carbocycles. The molecule has 1 heterocycles. The van der Waals surface area contributed by atoms with Gasteiger partial charge in [0.05, 0.1) is 29.5 Å². The highest BCUT2D eigenvalue weighted by molar-refractivity contribution is 6.05. The minimum atomic E-state index is -0.798. The summed E-state index contributed by atoms with van der Waals surface area (Å²) in [6.45, 7) is 3.30. The molecular weight excluding hydrogens is 753 g/mol. The van der Waals surface area contributed by atoms with Gasteiger partial charge >= 0.3 is 11.9 Å². The zero-order valence-electron chi connectivity index (χ0n) is 32.4. The fourth-order valence-corrected chi connectivity index (χ4v) is 6.43. The first-order chi connectivity index (χ1) is 28.5. The molecule has 0 radical (unpaired) electrons. The summed E-state index contributed by atoms with van der Waals surface area (Å²) in [5, 5.41) is 14.1. The van der Waals surface area contributed by atoms with Gasteiger partial charge in [0.1, 0.15) is 11.6 Å². The highest BCUT2D eigenvalue weighted by atomic mass is 19.1. The van der Waals surface area contributed by atoms with Gasteiger partial charge < -0.3 is 20.5 Å². The van der Waals surface area contributed by atoms with E-state index in [9.17, 15) is 28.0 Å². The van der Waals surface area contributed by atoms with E-state index in [4.69, 9.17) is 9.84 Å². The lowest BCUT2D eigenvalue weighted by Crippen LogP contribution is -2.49. The summed E-state index contributed by atoms with van der Waals surface area (Å²) in [6.07, 6.45) is 1.55. The molecule has 2 amide bonds. The topological polar surface area (TPSA) is 125 Å². The lowest BCUT2D eigenvalue weighted by molar-refractivity contribution is -0.147. The molecule has 0 aromatic heterocycles. The summed E-state index contributed by atoms with van der Waals surface area (Å²) >= 11 is 0. The third-order valence-electron chi connectivity index (χ3n) is 9.66. The van der Waals surface area contributed by atoms with Gasteiger partial charge in [-0.2, -0.15) is 0 Å². The summed E-state index contributed by atoms with van der Waals surface area (Å²) < 4.78 is 33.5. The summed E-state index contributed by atoms with van der Waals surface area (Å²) in [7, 11) is 0. The van der Waals surface area contributed by atoms with Crippen LogP contribution in [0.25, 0.3) is 0 Å². The quantitative estimate of drug-likeness (QED) is 0.0997. The van der Waals surface area contributed by atoms with Crippen LogP contribution in [0.1, 0.15) is 65.8 Å². The van der Waals surface area contributed by atoms with Crippen LogP contribution in [0.4, 0.5) is 20.2 Å². The second-order valence-electron chi connectivity index (χ2n) is 14.1. The van der Waals surface area contributed by atoms with Crippen LogP contribution in [0.2, 0.25) is 0 Å². The molecule has 0 spiro atoms. The van der Waals surface area contributed by atoms with Crippen molar-refractivity contribution in [1.29, 1.82) is 0 Å². The van der Waals surface area contributed by atoms with E-state index in [0.717, 1.165) is 35.6 Å². The van der Waals surface area contributed by atoms with E-state index < -0.39 is 29.5 Å². The van der Waals surface area contributed by atoms with E-state index in [1.165, 1.54) is 29.3 Å². The second kappa shape index (κ2) is 19.9. The van der Waals surface area contributed by atoms with Gasteiger partial charge in [-0.15, -0.1) is 0 Å². The highest BCUT2D eigenvalue weighted by Crippen LogP contribution is 2.23. The molecule has 0 aliphatic carbocycles. The van der Waals surface area contributed by atoms with Gasteiger partial charge in [-0.3, -0.25) is 19.3 Å². The first kappa shape index (κ1) is 41.6. The number of carboxylic acids is 1. The predicted molar refractivity (Wildman–Crippen MR) is 222 cm³/mol. The van der Waals surface area contributed by atoms with Gasteiger partial charge in [0.25, 0.3) is 11.8 Å². The number of aliphatic carboxylic acids is 1. The number of esters is 1. The molecule has 1 aliphatic rings. The van der Waals surface area contributed by atoms with Gasteiger partial charge in [-0.05, 0) is 102 Å². The molecule has 1 saturated heterocycles. The van der Waals surface area contributed by atoms with E-state index in [2.05, 4.69) is 22.8 Å². The molecule has 0 bridgehead atoms. The Labute approximate surface area is 341 Å². The molecule has 59 heavy (non-hydrogen) atoms. The van der Waals surface area contributed by atoms with E-state index >= 15 is 0 Å². The Morgan fingerprint density at radius 2 is 1.02 bits per heavy atom. The van der Waals surface area contributed by atoms with Gasteiger partial charge in [0.2, 0.25) is 0 Å². The van der Waals surface area contributed by atoms with Crippen molar-refractivity contribution in [3.05, 3.63) is 202 Å². The number of carbonyl (C=O) groups excluding carboxylic acids is 3. The third kappa shape index (κ3) is 11.8. The molecule has 6 aromatic rings. The molecule has 1 aliphatic heterocycles. The molecule has 6 aromatic carbocycles. The maximum absolute atomic E-state index is 14.5. The van der Waals surface area contributed by atoms with Crippen molar-refractivity contribution < 1.29 is 37.8 Å². The third-order valence-corrected chi connectivity index (χ3v) is 9.66. The van der Waals surface area contributed by atoms with Crippen LogP contribution in [0, 0.1) is 17.6 Å². The predicted octanol–water partition coefficient (Wildman–Crippen LogP) is 9.03. The number of amides is 2. The minimum Gasteiger partial charge on any atom is -0.481 e. The fourth-order valence-electron chi connectivity index (χ4n) is 6.43. The van der Waals surface area contributed by atoms with Gasteiger partial charge in [-0.25, -0.2) is 13.6 Å². The number of carbonyl (C=O) groups is 4. The molecule has 0 atom stereocenters. The van der Waals surface area contributed by atoms with Gasteiger partial charge in [-0.1, -0.05) is 91.0 Å². The maximum atomic E-state index is 14.5. The standard InChI is InChI=1S/C25H23FN2O3.C23H20FNO3/c26-22-13-19(14-28-15-21(16-28)25(30)31)8-11-23(22)27-24(29)20-9-6-18(7-10-20)12-17-4-2-1-3-5-17;1-2-28-23(27)19-12-13-21(20(24)15-19)25-22(26)18-10-8-17(9-11-18)14-16-6-4-3-5-7-16/h1-11,13,21H,12,14-16H2,(H,27,29)(H,30,31);3-13,15H,2,14H2,1H3,(H,25,26). The Balaban J connectivity index is 0.000000199. The lowest BCUT2D eigenvalue weighted by atomic mass is 9.99. The number of ether oxygens (including phenoxy) is 1. The summed E-state index contributed by atoms with van der Waals surface area (Å²) in [5.74, 6) is -3.75. The molecule has 300 valence electrons. The Kier molecular flexibility index (Phi) is 14.1. The highest BCUT2D eigenvalue weighted by Gasteiger charge is 2.32. The van der Waals surface area contributed by atoms with E-state index in [1.54, 1.807) is 43.3 Å². The first-order valence-corrected chi connectivity index (χ1v) is 19.1. The van der Waals surface area contributed by atoms with Crippen LogP contribution >= 0.6 is 0 Å². The van der Waals surface area contributed by atoms with Crippen molar-refractivity contribution in [1.82, 2.24) is 4.90 Å². The number of anilines is 2. The number of nitrogens with zero attached hydrogens (tertiary/aromatic N) is 1. The number of benzene rings is 6. The van der Waals surface area contributed by atoms with Crippen molar-refractivity contribution in [2.45, 2.75) is 26.3 Å². The normalized spacial score (nSPS) is 12.3. The average molecular weight is 796 g/mol. The van der Waals surface area contributed by atoms with Crippen LogP contribution in [0.3, 0.4) is 0 Å². The Morgan fingerprint density at radius 1 is 0.593 bits per heavy atom. The van der Waals surface area contributed by atoms with Crippen molar-refractivity contribution in [3.63, 3.8) is 0 Å². The second-order valence-corrected chi connectivity index (χ2v) is 14.1. The zero-order chi connectivity index (χ0) is 41.7. The van der Waals surface area contributed by atoms with E-state index in [1.807, 2.05) is 77.7 Å². The van der Waals surface area contributed by atoms with E-state index in [0.29, 0.717) is 30.8 Å². The maximum Gasteiger partial charge on any atom is 0.338 e.